The maximum Gasteiger partial charge on any atom is 0.308 e. The minimum absolute atomic E-state index is 0.179. The van der Waals surface area contributed by atoms with E-state index in [4.69, 9.17) is 10.8 Å². The summed E-state index contributed by atoms with van der Waals surface area (Å²) in [4.78, 5) is 23.8. The largest absolute Gasteiger partial charge is 0.481 e. The fourth-order valence-electron chi connectivity index (χ4n) is 1.55. The van der Waals surface area contributed by atoms with Crippen molar-refractivity contribution in [2.45, 2.75) is 25.8 Å². The average Bonchev–Trinajstić information content (AvgIpc) is 2.48. The zero-order chi connectivity index (χ0) is 10.9. The molecule has 0 aromatic heterocycles. The van der Waals surface area contributed by atoms with Gasteiger partial charge in [-0.15, -0.1) is 0 Å². The van der Waals surface area contributed by atoms with Crippen LogP contribution in [-0.2, 0) is 9.59 Å². The van der Waals surface area contributed by atoms with E-state index in [0.29, 0.717) is 13.0 Å². The summed E-state index contributed by atoms with van der Waals surface area (Å²) >= 11 is 0. The number of carboxylic acid groups (broad SMARTS) is 1. The summed E-state index contributed by atoms with van der Waals surface area (Å²) in [5.41, 5.74) is 4.73. The van der Waals surface area contributed by atoms with E-state index in [9.17, 15) is 9.59 Å². The molecule has 5 nitrogen and oxygen atoms in total. The first-order valence-electron chi connectivity index (χ1n) is 4.63. The van der Waals surface area contributed by atoms with Gasteiger partial charge in [0.15, 0.2) is 0 Å². The summed E-state index contributed by atoms with van der Waals surface area (Å²) in [6.45, 7) is 4.04. The molecule has 0 bridgehead atoms. The first-order valence-corrected chi connectivity index (χ1v) is 4.63. The Morgan fingerprint density at radius 1 is 1.50 bits per heavy atom. The van der Waals surface area contributed by atoms with Gasteiger partial charge in [-0.25, -0.2) is 0 Å². The van der Waals surface area contributed by atoms with Gasteiger partial charge in [0.1, 0.15) is 0 Å². The van der Waals surface area contributed by atoms with E-state index in [1.54, 1.807) is 13.8 Å². The number of aliphatic carboxylic acids is 1. The van der Waals surface area contributed by atoms with Crippen molar-refractivity contribution in [1.29, 1.82) is 0 Å². The molecule has 5 heteroatoms. The number of carboxylic acids is 1. The number of carbonyl (C=O) groups is 2. The Morgan fingerprint density at radius 2 is 2.07 bits per heavy atom. The molecule has 0 saturated carbocycles. The molecule has 80 valence electrons. The molecule has 0 radical (unpaired) electrons. The van der Waals surface area contributed by atoms with Crippen LogP contribution in [0.3, 0.4) is 0 Å². The van der Waals surface area contributed by atoms with E-state index in [1.165, 1.54) is 4.90 Å². The third-order valence-electron chi connectivity index (χ3n) is 2.38. The summed E-state index contributed by atoms with van der Waals surface area (Å²) in [5.74, 6) is -1.45. The number of nitrogens with two attached hydrogens (primary N) is 1. The average molecular weight is 200 g/mol. The molecule has 1 aliphatic heterocycles. The van der Waals surface area contributed by atoms with Crippen LogP contribution in [0.1, 0.15) is 20.3 Å². The van der Waals surface area contributed by atoms with Crippen molar-refractivity contribution in [1.82, 2.24) is 4.90 Å². The Labute approximate surface area is 82.9 Å². The Hall–Kier alpha value is -1.10. The zero-order valence-corrected chi connectivity index (χ0v) is 8.49. The molecule has 1 unspecified atom stereocenters. The monoisotopic (exact) mass is 200 g/mol. The second-order valence-corrected chi connectivity index (χ2v) is 4.30. The molecule has 1 saturated heterocycles. The molecule has 1 rings (SSSR count). The van der Waals surface area contributed by atoms with Gasteiger partial charge in [-0.1, -0.05) is 0 Å². The van der Waals surface area contributed by atoms with Crippen molar-refractivity contribution in [2.24, 2.45) is 11.7 Å². The van der Waals surface area contributed by atoms with E-state index < -0.39 is 17.4 Å². The highest BCUT2D eigenvalue weighted by molar-refractivity contribution is 5.86. The smallest absolute Gasteiger partial charge is 0.308 e. The van der Waals surface area contributed by atoms with Crippen molar-refractivity contribution in [3.8, 4) is 0 Å². The Kier molecular flexibility index (Phi) is 2.80. The van der Waals surface area contributed by atoms with E-state index in [-0.39, 0.29) is 12.5 Å². The number of hydrogen-bond acceptors (Lipinski definition) is 3. The molecule has 1 fully saturated rings. The summed E-state index contributed by atoms with van der Waals surface area (Å²) in [6.07, 6.45) is 0.525. The van der Waals surface area contributed by atoms with Crippen LogP contribution in [0.15, 0.2) is 0 Å². The van der Waals surface area contributed by atoms with Crippen LogP contribution in [-0.4, -0.2) is 40.5 Å². The van der Waals surface area contributed by atoms with Gasteiger partial charge >= 0.3 is 5.97 Å². The van der Waals surface area contributed by atoms with Gasteiger partial charge in [0, 0.05) is 13.1 Å². The lowest BCUT2D eigenvalue weighted by atomic mass is 10.1. The number of nitrogens with zero attached hydrogens (tertiary/aromatic N) is 1. The maximum atomic E-state index is 11.6. The molecular formula is C9H16N2O3. The highest BCUT2D eigenvalue weighted by atomic mass is 16.4. The normalized spacial score (nSPS) is 22.5. The van der Waals surface area contributed by atoms with Gasteiger partial charge in [-0.2, -0.15) is 0 Å². The van der Waals surface area contributed by atoms with Gasteiger partial charge < -0.3 is 15.7 Å². The van der Waals surface area contributed by atoms with Crippen LogP contribution in [0.5, 0.6) is 0 Å². The Balaban J connectivity index is 2.59. The first kappa shape index (κ1) is 11.0. The predicted molar refractivity (Wildman–Crippen MR) is 50.6 cm³/mol. The maximum absolute atomic E-state index is 11.6. The molecule has 1 aliphatic rings. The van der Waals surface area contributed by atoms with Crippen LogP contribution in [0, 0.1) is 5.92 Å². The number of hydrogen-bond donors (Lipinski definition) is 2. The summed E-state index contributed by atoms with van der Waals surface area (Å²) in [6, 6.07) is 0. The highest BCUT2D eigenvalue weighted by Gasteiger charge is 2.35. The molecule has 1 atom stereocenters. The Morgan fingerprint density at radius 3 is 2.43 bits per heavy atom. The van der Waals surface area contributed by atoms with E-state index in [0.717, 1.165) is 0 Å². The van der Waals surface area contributed by atoms with Crippen molar-refractivity contribution in [3.63, 3.8) is 0 Å². The first-order chi connectivity index (χ1) is 6.32. The van der Waals surface area contributed by atoms with E-state index in [2.05, 4.69) is 0 Å². The third-order valence-corrected chi connectivity index (χ3v) is 2.38. The summed E-state index contributed by atoms with van der Waals surface area (Å²) < 4.78 is 0. The fourth-order valence-corrected chi connectivity index (χ4v) is 1.55. The van der Waals surface area contributed by atoms with E-state index >= 15 is 0 Å². The molecule has 1 heterocycles. The molecule has 1 amide bonds. The standard InChI is InChI=1S/C9H16N2O3/c1-9(2,10)8(14)11-4-3-6(5-11)7(12)13/h6H,3-5,10H2,1-2H3,(H,12,13). The number of carbonyl (C=O) groups excluding carboxylic acids is 1. The lowest BCUT2D eigenvalue weighted by molar-refractivity contribution is -0.141. The molecule has 14 heavy (non-hydrogen) atoms. The minimum atomic E-state index is -0.909. The molecule has 0 spiro atoms. The second-order valence-electron chi connectivity index (χ2n) is 4.30. The SMILES string of the molecule is CC(C)(N)C(=O)N1CCC(C(=O)O)C1. The van der Waals surface area contributed by atoms with Crippen LogP contribution >= 0.6 is 0 Å². The fraction of sp³-hybridized carbons (Fsp3) is 0.778. The lowest BCUT2D eigenvalue weighted by Crippen LogP contribution is -2.50. The number of rotatable bonds is 2. The lowest BCUT2D eigenvalue weighted by Gasteiger charge is -2.25. The van der Waals surface area contributed by atoms with E-state index in [1.807, 2.05) is 0 Å². The molecular weight excluding hydrogens is 184 g/mol. The van der Waals surface area contributed by atoms with Crippen molar-refractivity contribution >= 4 is 11.9 Å². The van der Waals surface area contributed by atoms with Crippen LogP contribution in [0.25, 0.3) is 0 Å². The highest BCUT2D eigenvalue weighted by Crippen LogP contribution is 2.18. The number of likely N-dealkylation sites (tertiary alicyclic amines) is 1. The van der Waals surface area contributed by atoms with Gasteiger partial charge in [0.2, 0.25) is 5.91 Å². The second kappa shape index (κ2) is 3.57. The minimum Gasteiger partial charge on any atom is -0.481 e. The molecule has 0 aliphatic carbocycles. The predicted octanol–water partition coefficient (Wildman–Crippen LogP) is -0.343. The van der Waals surface area contributed by atoms with Crippen LogP contribution < -0.4 is 5.73 Å². The topological polar surface area (TPSA) is 83.6 Å². The van der Waals surface area contributed by atoms with Crippen molar-refractivity contribution in [2.75, 3.05) is 13.1 Å². The summed E-state index contributed by atoms with van der Waals surface area (Å²) in [7, 11) is 0. The zero-order valence-electron chi connectivity index (χ0n) is 8.49. The van der Waals surface area contributed by atoms with Crippen LogP contribution in [0.4, 0.5) is 0 Å². The third kappa shape index (κ3) is 2.23. The van der Waals surface area contributed by atoms with Crippen molar-refractivity contribution in [3.05, 3.63) is 0 Å². The number of amides is 1. The Bertz CT molecular complexity index is 257. The van der Waals surface area contributed by atoms with Gasteiger partial charge in [-0.3, -0.25) is 9.59 Å². The van der Waals surface area contributed by atoms with Crippen molar-refractivity contribution < 1.29 is 14.7 Å². The molecule has 0 aromatic rings. The summed E-state index contributed by atoms with van der Waals surface area (Å²) in [5, 5.41) is 8.75. The van der Waals surface area contributed by atoms with Gasteiger partial charge in [0.05, 0.1) is 11.5 Å². The van der Waals surface area contributed by atoms with Crippen LogP contribution in [0.2, 0.25) is 0 Å². The molecule has 3 N–H and O–H groups in total. The van der Waals surface area contributed by atoms with Gasteiger partial charge in [0.25, 0.3) is 0 Å². The van der Waals surface area contributed by atoms with Gasteiger partial charge in [-0.05, 0) is 20.3 Å². The molecule has 0 aromatic carbocycles. The quantitative estimate of drug-likeness (QED) is 0.638.